The molecule has 1 aromatic rings. The van der Waals surface area contributed by atoms with Crippen molar-refractivity contribution < 1.29 is 0 Å². The highest BCUT2D eigenvalue weighted by Gasteiger charge is 2.09. The fourth-order valence-electron chi connectivity index (χ4n) is 1.86. The molecule has 0 aliphatic carbocycles. The highest BCUT2D eigenvalue weighted by Crippen LogP contribution is 2.11. The summed E-state index contributed by atoms with van der Waals surface area (Å²) in [5.41, 5.74) is 5.74. The summed E-state index contributed by atoms with van der Waals surface area (Å²) in [4.78, 5) is 14.8. The van der Waals surface area contributed by atoms with Crippen LogP contribution < -0.4 is 16.0 Å². The van der Waals surface area contributed by atoms with Crippen LogP contribution in [0.15, 0.2) is 0 Å². The molecule has 1 heterocycles. The van der Waals surface area contributed by atoms with Crippen LogP contribution in [0.3, 0.4) is 0 Å². The quantitative estimate of drug-likeness (QED) is 0.641. The molecule has 0 bridgehead atoms. The summed E-state index contributed by atoms with van der Waals surface area (Å²) in [5.74, 6) is 2.72. The number of hydrogen-bond donors (Lipinski definition) is 2. The van der Waals surface area contributed by atoms with Gasteiger partial charge in [-0.3, -0.25) is 0 Å². The van der Waals surface area contributed by atoms with E-state index in [0.717, 1.165) is 26.1 Å². The maximum atomic E-state index is 5.74. The zero-order valence-electron chi connectivity index (χ0n) is 12.7. The number of nitrogens with one attached hydrogen (secondary N) is 1. The van der Waals surface area contributed by atoms with E-state index < -0.39 is 0 Å². The lowest BCUT2D eigenvalue weighted by atomic mass is 10.2. The summed E-state index contributed by atoms with van der Waals surface area (Å²) < 4.78 is 0. The molecule has 3 N–H and O–H groups in total. The zero-order chi connectivity index (χ0) is 14.8. The molecule has 0 spiro atoms. The largest absolute Gasteiger partial charge is 0.368 e. The fourth-order valence-corrected chi connectivity index (χ4v) is 2.35. The van der Waals surface area contributed by atoms with Gasteiger partial charge in [0.25, 0.3) is 0 Å². The Bertz CT molecular complexity index is 383. The molecule has 0 aromatic carbocycles. The lowest BCUT2D eigenvalue weighted by molar-refractivity contribution is 0.744. The van der Waals surface area contributed by atoms with Gasteiger partial charge in [-0.15, -0.1) is 0 Å². The van der Waals surface area contributed by atoms with Crippen molar-refractivity contribution in [3.05, 3.63) is 0 Å². The van der Waals surface area contributed by atoms with Gasteiger partial charge in [-0.2, -0.15) is 26.7 Å². The molecule has 0 atom stereocenters. The molecule has 6 nitrogen and oxygen atoms in total. The molecule has 20 heavy (non-hydrogen) atoms. The summed E-state index contributed by atoms with van der Waals surface area (Å²) in [6.45, 7) is 6.72. The second-order valence-electron chi connectivity index (χ2n) is 4.47. The number of rotatable bonds is 10. The van der Waals surface area contributed by atoms with Crippen LogP contribution in [0, 0.1) is 0 Å². The molecular weight excluding hydrogens is 272 g/mol. The summed E-state index contributed by atoms with van der Waals surface area (Å²) >= 11 is 1.89. The first-order valence-corrected chi connectivity index (χ1v) is 8.59. The SMILES string of the molecule is CCN(CC)c1nc(N)nc(NCCCCCSC)n1. The van der Waals surface area contributed by atoms with Crippen molar-refractivity contribution in [3.8, 4) is 0 Å². The van der Waals surface area contributed by atoms with Crippen molar-refractivity contribution in [2.24, 2.45) is 0 Å². The van der Waals surface area contributed by atoms with E-state index in [1.54, 1.807) is 0 Å². The Morgan fingerprint density at radius 1 is 1.10 bits per heavy atom. The van der Waals surface area contributed by atoms with Crippen LogP contribution in [-0.2, 0) is 0 Å². The van der Waals surface area contributed by atoms with Gasteiger partial charge < -0.3 is 16.0 Å². The number of unbranched alkanes of at least 4 members (excludes halogenated alkanes) is 2. The summed E-state index contributed by atoms with van der Waals surface area (Å²) in [5, 5.41) is 3.23. The third-order valence-corrected chi connectivity index (χ3v) is 3.69. The van der Waals surface area contributed by atoms with Gasteiger partial charge >= 0.3 is 0 Å². The number of aromatic nitrogens is 3. The topological polar surface area (TPSA) is 80.0 Å². The second-order valence-corrected chi connectivity index (χ2v) is 5.46. The predicted molar refractivity (Wildman–Crippen MR) is 88.5 cm³/mol. The van der Waals surface area contributed by atoms with E-state index in [0.29, 0.717) is 11.9 Å². The molecule has 1 aromatic heterocycles. The minimum atomic E-state index is 0.270. The van der Waals surface area contributed by atoms with Gasteiger partial charge in [0.05, 0.1) is 0 Å². The first kappa shape index (κ1) is 16.8. The summed E-state index contributed by atoms with van der Waals surface area (Å²) in [7, 11) is 0. The summed E-state index contributed by atoms with van der Waals surface area (Å²) in [6, 6.07) is 0. The Morgan fingerprint density at radius 3 is 2.50 bits per heavy atom. The van der Waals surface area contributed by atoms with Crippen molar-refractivity contribution >= 4 is 29.6 Å². The maximum absolute atomic E-state index is 5.74. The average molecular weight is 298 g/mol. The molecule has 0 unspecified atom stereocenters. The highest BCUT2D eigenvalue weighted by atomic mass is 32.2. The van der Waals surface area contributed by atoms with Gasteiger partial charge in [0.1, 0.15) is 0 Å². The van der Waals surface area contributed by atoms with Gasteiger partial charge in [0.2, 0.25) is 17.8 Å². The molecule has 114 valence electrons. The molecule has 7 heteroatoms. The van der Waals surface area contributed by atoms with Gasteiger partial charge in [-0.1, -0.05) is 6.42 Å². The molecule has 0 aliphatic heterocycles. The Balaban J connectivity index is 2.49. The Hall–Kier alpha value is -1.24. The van der Waals surface area contributed by atoms with E-state index in [4.69, 9.17) is 5.73 Å². The molecule has 0 aliphatic rings. The fraction of sp³-hybridized carbons (Fsp3) is 0.769. The molecule has 1 rings (SSSR count). The Morgan fingerprint density at radius 2 is 1.85 bits per heavy atom. The van der Waals surface area contributed by atoms with Crippen LogP contribution in [0.25, 0.3) is 0 Å². The van der Waals surface area contributed by atoms with Crippen molar-refractivity contribution in [1.29, 1.82) is 0 Å². The van der Waals surface area contributed by atoms with Crippen molar-refractivity contribution in [2.75, 3.05) is 47.6 Å². The minimum absolute atomic E-state index is 0.270. The van der Waals surface area contributed by atoms with Crippen LogP contribution in [0.5, 0.6) is 0 Å². The van der Waals surface area contributed by atoms with Crippen molar-refractivity contribution in [3.63, 3.8) is 0 Å². The second kappa shape index (κ2) is 9.63. The first-order valence-electron chi connectivity index (χ1n) is 7.20. The molecular formula is C13H26N6S. The van der Waals surface area contributed by atoms with E-state index in [-0.39, 0.29) is 5.95 Å². The van der Waals surface area contributed by atoms with E-state index in [2.05, 4.69) is 45.3 Å². The van der Waals surface area contributed by atoms with E-state index in [1.165, 1.54) is 18.6 Å². The zero-order valence-corrected chi connectivity index (χ0v) is 13.5. The number of nitrogens with zero attached hydrogens (tertiary/aromatic N) is 4. The van der Waals surface area contributed by atoms with E-state index in [1.807, 2.05) is 11.8 Å². The minimum Gasteiger partial charge on any atom is -0.368 e. The Kier molecular flexibility index (Phi) is 8.10. The van der Waals surface area contributed by atoms with Crippen LogP contribution in [0.2, 0.25) is 0 Å². The molecule has 0 saturated carbocycles. The number of anilines is 3. The molecule has 0 radical (unpaired) electrons. The maximum Gasteiger partial charge on any atom is 0.231 e. The standard InChI is InChI=1S/C13H26N6S/c1-4-19(5-2)13-17-11(14)16-12(18-13)15-9-7-6-8-10-20-3/h4-10H2,1-3H3,(H3,14,15,16,17,18). The van der Waals surface area contributed by atoms with Gasteiger partial charge in [0, 0.05) is 19.6 Å². The molecule has 0 fully saturated rings. The van der Waals surface area contributed by atoms with Crippen LogP contribution in [0.4, 0.5) is 17.8 Å². The molecule has 0 amide bonds. The van der Waals surface area contributed by atoms with Crippen molar-refractivity contribution in [2.45, 2.75) is 33.1 Å². The monoisotopic (exact) mass is 298 g/mol. The van der Waals surface area contributed by atoms with Gasteiger partial charge in [-0.25, -0.2) is 0 Å². The third-order valence-electron chi connectivity index (χ3n) is 3.00. The summed E-state index contributed by atoms with van der Waals surface area (Å²) in [6.07, 6.45) is 5.73. The predicted octanol–water partition coefficient (Wildman–Crippen LogP) is 2.25. The van der Waals surface area contributed by atoms with Crippen LogP contribution >= 0.6 is 11.8 Å². The van der Waals surface area contributed by atoms with Gasteiger partial charge in [-0.05, 0) is 38.7 Å². The normalized spacial score (nSPS) is 10.6. The van der Waals surface area contributed by atoms with Crippen molar-refractivity contribution in [1.82, 2.24) is 15.0 Å². The number of hydrogen-bond acceptors (Lipinski definition) is 7. The van der Waals surface area contributed by atoms with Crippen LogP contribution in [0.1, 0.15) is 33.1 Å². The van der Waals surface area contributed by atoms with E-state index in [9.17, 15) is 0 Å². The smallest absolute Gasteiger partial charge is 0.231 e. The number of thioether (sulfide) groups is 1. The van der Waals surface area contributed by atoms with Gasteiger partial charge in [0.15, 0.2) is 0 Å². The van der Waals surface area contributed by atoms with E-state index >= 15 is 0 Å². The number of nitrogen functional groups attached to an aromatic ring is 1. The Labute approximate surface area is 126 Å². The average Bonchev–Trinajstić information content (AvgIpc) is 2.43. The lowest BCUT2D eigenvalue weighted by Crippen LogP contribution is -2.25. The highest BCUT2D eigenvalue weighted by molar-refractivity contribution is 7.98. The van der Waals surface area contributed by atoms with Crippen LogP contribution in [-0.4, -0.2) is 46.6 Å². The first-order chi connectivity index (χ1) is 9.71. The number of nitrogens with two attached hydrogens (primary N) is 1. The molecule has 0 saturated heterocycles. The lowest BCUT2D eigenvalue weighted by Gasteiger charge is -2.19. The third kappa shape index (κ3) is 5.81.